The Morgan fingerprint density at radius 2 is 0.556 bits per heavy atom. The molecule has 7 heteroatoms. The third-order valence-corrected chi connectivity index (χ3v) is 11.7. The van der Waals surface area contributed by atoms with Gasteiger partial charge in [0.1, 0.15) is 0 Å². The summed E-state index contributed by atoms with van der Waals surface area (Å²) in [4.78, 5) is 0. The normalized spacial score (nSPS) is 13.2. The van der Waals surface area contributed by atoms with E-state index in [9.17, 15) is 0 Å². The second-order valence-corrected chi connectivity index (χ2v) is 18.2. The highest BCUT2D eigenvalue weighted by atomic mass is 16.8. The van der Waals surface area contributed by atoms with E-state index in [0.29, 0.717) is 13.2 Å². The summed E-state index contributed by atoms with van der Waals surface area (Å²) >= 11 is 0. The summed E-state index contributed by atoms with van der Waals surface area (Å²) in [6.45, 7) is 18.0. The Hall–Kier alpha value is -0.800. The summed E-state index contributed by atoms with van der Waals surface area (Å²) < 4.78 is 42.9. The van der Waals surface area contributed by atoms with Gasteiger partial charge < -0.3 is 33.2 Å². The lowest BCUT2D eigenvalue weighted by Gasteiger charge is -2.21. The Kier molecular flexibility index (Phi) is 53.1. The maximum Gasteiger partial charge on any atom is 0.180 e. The van der Waals surface area contributed by atoms with Crippen molar-refractivity contribution in [3.63, 3.8) is 0 Å². The van der Waals surface area contributed by atoms with Crippen LogP contribution in [0.3, 0.4) is 0 Å². The molecule has 0 saturated carbocycles. The van der Waals surface area contributed by atoms with E-state index < -0.39 is 0 Å². The van der Waals surface area contributed by atoms with Crippen molar-refractivity contribution in [3.8, 4) is 0 Å². The molecule has 7 nitrogen and oxygen atoms in total. The average molecular weight is 895 g/mol. The molecule has 0 fully saturated rings. The van der Waals surface area contributed by atoms with Crippen LogP contribution < -0.4 is 0 Å². The van der Waals surface area contributed by atoms with Crippen LogP contribution in [0.25, 0.3) is 0 Å². The van der Waals surface area contributed by atoms with Gasteiger partial charge in [0.15, 0.2) is 25.2 Å². The van der Waals surface area contributed by atoms with Crippen LogP contribution in [0.2, 0.25) is 0 Å². The van der Waals surface area contributed by atoms with E-state index in [1.54, 1.807) is 0 Å². The number of rotatable bonds is 54. The van der Waals surface area contributed by atoms with Gasteiger partial charge in [0.05, 0.1) is 0 Å². The summed E-state index contributed by atoms with van der Waals surface area (Å²) in [7, 11) is 0. The van der Waals surface area contributed by atoms with E-state index >= 15 is 0 Å². The summed E-state index contributed by atoms with van der Waals surface area (Å²) in [5, 5.41) is 0. The topological polar surface area (TPSA) is 64.6 Å². The number of unbranched alkanes of at least 4 members (excludes halogenated alkanes) is 26. The van der Waals surface area contributed by atoms with Crippen molar-refractivity contribution in [3.05, 3.63) is 24.3 Å². The maximum absolute atomic E-state index is 6.34. The van der Waals surface area contributed by atoms with Crippen molar-refractivity contribution in [2.24, 2.45) is 0 Å². The lowest BCUT2D eigenvalue weighted by atomic mass is 10.1. The highest BCUT2D eigenvalue weighted by molar-refractivity contribution is 4.89. The fourth-order valence-electron chi connectivity index (χ4n) is 7.61. The molecule has 0 amide bonds. The smallest absolute Gasteiger partial charge is 0.180 e. The van der Waals surface area contributed by atoms with Crippen molar-refractivity contribution >= 4 is 0 Å². The van der Waals surface area contributed by atoms with Gasteiger partial charge in [-0.3, -0.25) is 0 Å². The molecule has 0 rings (SSSR count). The molecule has 63 heavy (non-hydrogen) atoms. The monoisotopic (exact) mass is 895 g/mol. The summed E-state index contributed by atoms with van der Waals surface area (Å²) in [5.41, 5.74) is 0. The van der Waals surface area contributed by atoms with E-state index in [-0.39, 0.29) is 25.2 Å². The zero-order valence-corrected chi connectivity index (χ0v) is 43.2. The largest absolute Gasteiger partial charge is 0.353 e. The molecule has 0 radical (unpaired) electrons. The fourth-order valence-corrected chi connectivity index (χ4v) is 7.61. The molecule has 0 aromatic heterocycles. The maximum atomic E-state index is 6.34. The number of ether oxygens (including phenoxy) is 7. The van der Waals surface area contributed by atoms with Crippen LogP contribution in [0.15, 0.2) is 24.3 Å². The van der Waals surface area contributed by atoms with Crippen LogP contribution >= 0.6 is 0 Å². The highest BCUT2D eigenvalue weighted by Crippen LogP contribution is 2.18. The Balaban J connectivity index is 4.23. The van der Waals surface area contributed by atoms with Crippen LogP contribution in [-0.4, -0.2) is 64.8 Å². The van der Waals surface area contributed by atoms with Gasteiger partial charge >= 0.3 is 0 Å². The van der Waals surface area contributed by atoms with Gasteiger partial charge in [-0.1, -0.05) is 195 Å². The molecule has 0 aliphatic heterocycles. The molecular weight excluding hydrogens is 785 g/mol. The van der Waals surface area contributed by atoms with E-state index in [2.05, 4.69) is 65.8 Å². The second kappa shape index (κ2) is 53.8. The predicted octanol–water partition coefficient (Wildman–Crippen LogP) is 17.7. The van der Waals surface area contributed by atoms with Gasteiger partial charge in [-0.15, -0.1) is 0 Å². The minimum Gasteiger partial charge on any atom is -0.353 e. The first-order valence-corrected chi connectivity index (χ1v) is 27.8. The van der Waals surface area contributed by atoms with E-state index in [4.69, 9.17) is 33.2 Å². The molecule has 376 valence electrons. The van der Waals surface area contributed by atoms with Crippen molar-refractivity contribution in [2.45, 2.75) is 298 Å². The van der Waals surface area contributed by atoms with Gasteiger partial charge in [-0.05, 0) is 102 Å². The molecule has 0 N–H and O–H groups in total. The lowest BCUT2D eigenvalue weighted by Crippen LogP contribution is -2.25. The molecular formula is C56H110O7. The van der Waals surface area contributed by atoms with Gasteiger partial charge in [-0.2, -0.15) is 0 Å². The van der Waals surface area contributed by atoms with Crippen LogP contribution in [-0.2, 0) is 33.2 Å². The Morgan fingerprint density at radius 1 is 0.270 bits per heavy atom. The van der Waals surface area contributed by atoms with Crippen molar-refractivity contribution < 1.29 is 33.2 Å². The van der Waals surface area contributed by atoms with Crippen LogP contribution in [0, 0.1) is 0 Å². The first kappa shape index (κ1) is 62.2. The third-order valence-electron chi connectivity index (χ3n) is 11.7. The summed E-state index contributed by atoms with van der Waals surface area (Å²) in [6.07, 6.45) is 52.0. The molecule has 0 heterocycles. The minimum atomic E-state index is -0.374. The number of hydrogen-bond acceptors (Lipinski definition) is 7. The average Bonchev–Trinajstić information content (AvgIpc) is 3.29. The molecule has 0 bridgehead atoms. The lowest BCUT2D eigenvalue weighted by molar-refractivity contribution is -0.207. The van der Waals surface area contributed by atoms with Crippen LogP contribution in [0.1, 0.15) is 273 Å². The van der Waals surface area contributed by atoms with Gasteiger partial charge in [0, 0.05) is 39.6 Å². The summed E-state index contributed by atoms with van der Waals surface area (Å²) in [6, 6.07) is 0. The molecule has 0 saturated heterocycles. The van der Waals surface area contributed by atoms with Crippen molar-refractivity contribution in [1.29, 1.82) is 0 Å². The third kappa shape index (κ3) is 47.5. The zero-order chi connectivity index (χ0) is 45.8. The SMILES string of the molecule is CCCCCOC(CCCCCCCCCCCC=CC(OCCC)OC(C=CCCCCCCCCCCCC(OCCCCC)OCCCCC)OCCC)OCCCCC. The molecule has 0 aliphatic rings. The quantitative estimate of drug-likeness (QED) is 0.0342. The number of allylic oxidation sites excluding steroid dienone is 2. The van der Waals surface area contributed by atoms with E-state index in [1.807, 2.05) is 0 Å². The standard InChI is InChI=1S/C56H110O7/c1-7-13-39-49-59-53(60-50-40-14-8-2)43-35-31-27-23-19-17-21-25-29-33-37-45-55(57-47-11-5)63-56(58-48-12-6)46-38-34-30-26-22-18-20-24-28-32-36-44-54(61-51-41-15-9-3)62-52-42-16-10-4/h37-38,45-46,53-56H,7-36,39-44,47-52H2,1-6H3. The van der Waals surface area contributed by atoms with E-state index in [0.717, 1.165) is 90.6 Å². The Labute approximate surface area is 393 Å². The molecule has 0 spiro atoms. The minimum absolute atomic E-state index is 0.00144. The molecule has 0 aliphatic carbocycles. The van der Waals surface area contributed by atoms with Crippen molar-refractivity contribution in [1.82, 2.24) is 0 Å². The van der Waals surface area contributed by atoms with E-state index in [1.165, 1.54) is 167 Å². The first-order chi connectivity index (χ1) is 31.1. The first-order valence-electron chi connectivity index (χ1n) is 27.8. The molecule has 0 aromatic rings. The second-order valence-electron chi connectivity index (χ2n) is 18.2. The fraction of sp³-hybridized carbons (Fsp3) is 0.929. The molecule has 2 atom stereocenters. The van der Waals surface area contributed by atoms with Gasteiger partial charge in [0.2, 0.25) is 0 Å². The Bertz CT molecular complexity index is 803. The number of hydrogen-bond donors (Lipinski definition) is 0. The van der Waals surface area contributed by atoms with Crippen LogP contribution in [0.5, 0.6) is 0 Å². The zero-order valence-electron chi connectivity index (χ0n) is 43.2. The molecule has 2 unspecified atom stereocenters. The van der Waals surface area contributed by atoms with Crippen molar-refractivity contribution in [2.75, 3.05) is 39.6 Å². The predicted molar refractivity (Wildman–Crippen MR) is 270 cm³/mol. The Morgan fingerprint density at radius 3 is 0.841 bits per heavy atom. The highest BCUT2D eigenvalue weighted by Gasteiger charge is 2.14. The van der Waals surface area contributed by atoms with Gasteiger partial charge in [0.25, 0.3) is 0 Å². The van der Waals surface area contributed by atoms with Crippen LogP contribution in [0.4, 0.5) is 0 Å². The van der Waals surface area contributed by atoms with Gasteiger partial charge in [-0.25, -0.2) is 0 Å². The molecule has 0 aromatic carbocycles. The summed E-state index contributed by atoms with van der Waals surface area (Å²) in [5.74, 6) is 0.